The Balaban J connectivity index is 3.92. The maximum absolute atomic E-state index is 10.1. The van der Waals surface area contributed by atoms with Crippen LogP contribution in [0.15, 0.2) is 0 Å². The van der Waals surface area contributed by atoms with Crippen LogP contribution in [0.3, 0.4) is 0 Å². The van der Waals surface area contributed by atoms with Crippen LogP contribution in [-0.2, 0) is 9.47 Å². The second kappa shape index (κ2) is 3.35. The number of urea groups is 1. The van der Waals surface area contributed by atoms with Crippen molar-refractivity contribution in [3.8, 4) is 0 Å². The summed E-state index contributed by atoms with van der Waals surface area (Å²) in [6, 6.07) is -0.939. The van der Waals surface area contributed by atoms with Crippen LogP contribution in [0.25, 0.3) is 0 Å². The Morgan fingerprint density at radius 3 is 2.10 bits per heavy atom. The fourth-order valence-electron chi connectivity index (χ4n) is 0.341. The molecule has 0 saturated heterocycles. The SMILES string of the molecule is COC(O)(NC(N)=O)OC. The second-order valence-corrected chi connectivity index (χ2v) is 1.48. The fourth-order valence-corrected chi connectivity index (χ4v) is 0.341. The molecule has 10 heavy (non-hydrogen) atoms. The number of nitrogens with one attached hydrogen (secondary N) is 1. The molecule has 0 aromatic carbocycles. The third-order valence-electron chi connectivity index (χ3n) is 0.835. The first-order valence-corrected chi connectivity index (χ1v) is 2.44. The van der Waals surface area contributed by atoms with Gasteiger partial charge in [0.15, 0.2) is 0 Å². The van der Waals surface area contributed by atoms with Crippen molar-refractivity contribution in [2.24, 2.45) is 5.73 Å². The summed E-state index contributed by atoms with van der Waals surface area (Å²) >= 11 is 0. The van der Waals surface area contributed by atoms with Gasteiger partial charge in [0, 0.05) is 14.2 Å². The van der Waals surface area contributed by atoms with Crippen molar-refractivity contribution in [1.29, 1.82) is 0 Å². The van der Waals surface area contributed by atoms with E-state index in [-0.39, 0.29) is 0 Å². The number of aliphatic hydroxyl groups is 1. The third kappa shape index (κ3) is 2.62. The number of hydrogen-bond acceptors (Lipinski definition) is 4. The molecule has 0 heterocycles. The number of methoxy groups -OCH3 is 2. The predicted molar refractivity (Wildman–Crippen MR) is 31.7 cm³/mol. The highest BCUT2D eigenvalue weighted by Gasteiger charge is 2.27. The third-order valence-corrected chi connectivity index (χ3v) is 0.835. The monoisotopic (exact) mass is 150 g/mol. The number of carbonyl (C=O) groups excluding carboxylic acids is 1. The van der Waals surface area contributed by atoms with Crippen LogP contribution < -0.4 is 11.1 Å². The molecule has 0 rings (SSSR count). The highest BCUT2D eigenvalue weighted by molar-refractivity contribution is 5.71. The molecule has 0 unspecified atom stereocenters. The van der Waals surface area contributed by atoms with Crippen molar-refractivity contribution in [3.05, 3.63) is 0 Å². The minimum absolute atomic E-state index is 0.939. The van der Waals surface area contributed by atoms with E-state index in [4.69, 9.17) is 5.11 Å². The van der Waals surface area contributed by atoms with Crippen LogP contribution in [0, 0.1) is 0 Å². The molecule has 0 atom stereocenters. The quantitative estimate of drug-likeness (QED) is 0.429. The average molecular weight is 150 g/mol. The minimum Gasteiger partial charge on any atom is -0.351 e. The molecule has 6 heteroatoms. The van der Waals surface area contributed by atoms with Crippen LogP contribution in [0.4, 0.5) is 4.79 Å². The lowest BCUT2D eigenvalue weighted by Crippen LogP contribution is -2.53. The molecule has 2 amide bonds. The van der Waals surface area contributed by atoms with E-state index < -0.39 is 12.1 Å². The van der Waals surface area contributed by atoms with Crippen molar-refractivity contribution in [1.82, 2.24) is 5.32 Å². The van der Waals surface area contributed by atoms with E-state index in [1.165, 1.54) is 0 Å². The molecule has 0 aliphatic rings. The Hall–Kier alpha value is -0.850. The topological polar surface area (TPSA) is 93.8 Å². The van der Waals surface area contributed by atoms with Gasteiger partial charge in [0.25, 0.3) is 0 Å². The van der Waals surface area contributed by atoms with E-state index in [9.17, 15) is 4.79 Å². The molecule has 0 spiro atoms. The van der Waals surface area contributed by atoms with Gasteiger partial charge >= 0.3 is 12.1 Å². The van der Waals surface area contributed by atoms with E-state index >= 15 is 0 Å². The first-order valence-electron chi connectivity index (χ1n) is 2.44. The van der Waals surface area contributed by atoms with E-state index in [0.717, 1.165) is 14.2 Å². The van der Waals surface area contributed by atoms with Crippen LogP contribution in [0.5, 0.6) is 0 Å². The number of carbonyl (C=O) groups is 1. The molecular formula is C4H10N2O4. The van der Waals surface area contributed by atoms with Crippen molar-refractivity contribution in [2.45, 2.75) is 6.10 Å². The van der Waals surface area contributed by atoms with Gasteiger partial charge in [-0.05, 0) is 0 Å². The maximum atomic E-state index is 10.1. The lowest BCUT2D eigenvalue weighted by Gasteiger charge is -2.22. The number of amides is 2. The lowest BCUT2D eigenvalue weighted by molar-refractivity contribution is -0.350. The summed E-state index contributed by atoms with van der Waals surface area (Å²) in [5, 5.41) is 10.7. The van der Waals surface area contributed by atoms with E-state index in [1.54, 1.807) is 5.32 Å². The molecule has 60 valence electrons. The number of rotatable bonds is 3. The molecule has 0 aromatic rings. The summed E-state index contributed by atoms with van der Waals surface area (Å²) in [6.45, 7) is 0. The molecule has 0 aliphatic heterocycles. The van der Waals surface area contributed by atoms with Crippen LogP contribution in [0.1, 0.15) is 0 Å². The summed E-state index contributed by atoms with van der Waals surface area (Å²) < 4.78 is 8.64. The molecular weight excluding hydrogens is 140 g/mol. The average Bonchev–Trinajstić information content (AvgIpc) is 1.87. The van der Waals surface area contributed by atoms with Crippen molar-refractivity contribution in [2.75, 3.05) is 14.2 Å². The van der Waals surface area contributed by atoms with Gasteiger partial charge in [0.1, 0.15) is 0 Å². The van der Waals surface area contributed by atoms with Gasteiger partial charge in [0.2, 0.25) is 0 Å². The molecule has 6 nitrogen and oxygen atoms in total. The van der Waals surface area contributed by atoms with Crippen LogP contribution >= 0.6 is 0 Å². The number of hydrogen-bond donors (Lipinski definition) is 3. The van der Waals surface area contributed by atoms with E-state index in [0.29, 0.717) is 0 Å². The second-order valence-electron chi connectivity index (χ2n) is 1.48. The zero-order valence-corrected chi connectivity index (χ0v) is 5.75. The van der Waals surface area contributed by atoms with Gasteiger partial charge in [-0.2, -0.15) is 0 Å². The molecule has 4 N–H and O–H groups in total. The number of nitrogens with two attached hydrogens (primary N) is 1. The highest BCUT2D eigenvalue weighted by atomic mass is 16.8. The van der Waals surface area contributed by atoms with E-state index in [1.807, 2.05) is 0 Å². The maximum Gasteiger partial charge on any atom is 0.375 e. The van der Waals surface area contributed by atoms with Gasteiger partial charge < -0.3 is 20.3 Å². The Morgan fingerprint density at radius 2 is 2.00 bits per heavy atom. The Morgan fingerprint density at radius 1 is 1.60 bits per heavy atom. The Kier molecular flexibility index (Phi) is 3.07. The smallest absolute Gasteiger partial charge is 0.351 e. The molecule has 0 radical (unpaired) electrons. The van der Waals surface area contributed by atoms with E-state index in [2.05, 4.69) is 15.2 Å². The lowest BCUT2D eigenvalue weighted by atomic mass is 10.8. The Bertz CT molecular complexity index is 122. The standard InChI is InChI=1S/C4H10N2O4/c1-9-4(8,10-2)6-3(5)7/h8H,1-2H3,(H3,5,6,7). The van der Waals surface area contributed by atoms with Gasteiger partial charge in [0.05, 0.1) is 0 Å². The predicted octanol–water partition coefficient (Wildman–Crippen LogP) is -1.45. The van der Waals surface area contributed by atoms with Gasteiger partial charge in [-0.1, -0.05) is 0 Å². The van der Waals surface area contributed by atoms with Crippen molar-refractivity contribution < 1.29 is 19.4 Å². The van der Waals surface area contributed by atoms with Crippen LogP contribution in [0.2, 0.25) is 0 Å². The van der Waals surface area contributed by atoms with Gasteiger partial charge in [-0.25, -0.2) is 4.79 Å². The normalized spacial score (nSPS) is 11.1. The largest absolute Gasteiger partial charge is 0.375 e. The zero-order chi connectivity index (χ0) is 8.20. The first-order chi connectivity index (χ1) is 4.54. The van der Waals surface area contributed by atoms with Gasteiger partial charge in [-0.15, -0.1) is 0 Å². The summed E-state index contributed by atoms with van der Waals surface area (Å²) in [5.41, 5.74) is 4.66. The summed E-state index contributed by atoms with van der Waals surface area (Å²) in [5.74, 6) is 0. The Labute approximate surface area is 57.9 Å². The zero-order valence-electron chi connectivity index (χ0n) is 5.75. The van der Waals surface area contributed by atoms with Crippen LogP contribution in [-0.4, -0.2) is 31.5 Å². The molecule has 0 aliphatic carbocycles. The minimum atomic E-state index is -2.12. The first kappa shape index (κ1) is 9.15. The number of primary amides is 1. The van der Waals surface area contributed by atoms with Crippen molar-refractivity contribution >= 4 is 6.03 Å². The molecule has 0 aromatic heterocycles. The number of ether oxygens (including phenoxy) is 2. The fraction of sp³-hybridized carbons (Fsp3) is 0.750. The summed E-state index contributed by atoms with van der Waals surface area (Å²) in [6.07, 6.45) is -2.12. The molecule has 0 saturated carbocycles. The molecule has 0 bridgehead atoms. The summed E-state index contributed by atoms with van der Waals surface area (Å²) in [7, 11) is 2.30. The highest BCUT2D eigenvalue weighted by Crippen LogP contribution is 1.98. The summed E-state index contributed by atoms with van der Waals surface area (Å²) in [4.78, 5) is 10.1. The molecule has 0 fully saturated rings. The van der Waals surface area contributed by atoms with Crippen molar-refractivity contribution in [3.63, 3.8) is 0 Å². The van der Waals surface area contributed by atoms with Gasteiger partial charge in [-0.3, -0.25) is 5.32 Å².